The lowest BCUT2D eigenvalue weighted by Gasteiger charge is -2.14. The summed E-state index contributed by atoms with van der Waals surface area (Å²) in [5, 5.41) is 7.22. The lowest BCUT2D eigenvalue weighted by atomic mass is 10.3. The zero-order valence-electron chi connectivity index (χ0n) is 13.1. The van der Waals surface area contributed by atoms with Crippen LogP contribution >= 0.6 is 12.2 Å². The van der Waals surface area contributed by atoms with Crippen LogP contribution in [0.15, 0.2) is 29.2 Å². The van der Waals surface area contributed by atoms with E-state index >= 15 is 0 Å². The molecule has 2 N–H and O–H groups in total. The minimum Gasteiger partial charge on any atom is -0.365 e. The highest BCUT2D eigenvalue weighted by Crippen LogP contribution is 2.36. The molecule has 2 rings (SSSR count). The van der Waals surface area contributed by atoms with Crippen molar-refractivity contribution in [1.29, 1.82) is 0 Å². The van der Waals surface area contributed by atoms with E-state index in [1.165, 1.54) is 7.05 Å². The van der Waals surface area contributed by atoms with Crippen LogP contribution in [0.1, 0.15) is 11.6 Å². The Balaban J connectivity index is 2.55. The molecule has 2 aromatic rings. The van der Waals surface area contributed by atoms with E-state index in [-0.39, 0.29) is 9.68 Å². The Morgan fingerprint density at radius 3 is 1.81 bits per heavy atom. The predicted octanol–water partition coefficient (Wildman–Crippen LogP) is 2.09. The Labute approximate surface area is 153 Å². The first kappa shape index (κ1) is 20.9. The van der Waals surface area contributed by atoms with E-state index in [9.17, 15) is 34.8 Å². The number of hydrogen-bond acceptors (Lipinski definition) is 5. The average molecular weight is 433 g/mol. The Bertz CT molecular complexity index is 919. The number of halogens is 6. The van der Waals surface area contributed by atoms with E-state index in [0.717, 1.165) is 24.3 Å². The largest absolute Gasteiger partial charge is 0.452 e. The summed E-state index contributed by atoms with van der Waals surface area (Å²) in [6.45, 7) is 0. The highest BCUT2D eigenvalue weighted by atomic mass is 32.2. The molecule has 1 heterocycles. The highest BCUT2D eigenvalue weighted by Gasteiger charge is 2.45. The van der Waals surface area contributed by atoms with Crippen LogP contribution < -0.4 is 10.0 Å². The Morgan fingerprint density at radius 2 is 1.44 bits per heavy atom. The number of benzene rings is 1. The zero-order chi connectivity index (χ0) is 20.6. The van der Waals surface area contributed by atoms with Crippen molar-refractivity contribution >= 4 is 27.4 Å². The van der Waals surface area contributed by atoms with Crippen molar-refractivity contribution in [3.63, 3.8) is 0 Å². The maximum absolute atomic E-state index is 13.0. The SMILES string of the molecule is CNC(=S)NS(=O)(=O)c1ccc(-n2c(C(F)(F)F)nnc2C(F)(F)F)cc1. The fourth-order valence-corrected chi connectivity index (χ4v) is 3.19. The van der Waals surface area contributed by atoms with Crippen molar-refractivity contribution in [2.75, 3.05) is 7.05 Å². The summed E-state index contributed by atoms with van der Waals surface area (Å²) in [6, 6.07) is 3.14. The lowest BCUT2D eigenvalue weighted by molar-refractivity contribution is -0.153. The van der Waals surface area contributed by atoms with Crippen LogP contribution in [-0.2, 0) is 22.4 Å². The molecule has 1 aromatic heterocycles. The molecule has 1 aromatic carbocycles. The molecule has 0 aliphatic carbocycles. The molecular formula is C12H9F6N5O2S2. The fraction of sp³-hybridized carbons (Fsp3) is 0.250. The van der Waals surface area contributed by atoms with Gasteiger partial charge in [-0.3, -0.25) is 9.29 Å². The smallest absolute Gasteiger partial charge is 0.365 e. The predicted molar refractivity (Wildman–Crippen MR) is 83.3 cm³/mol. The quantitative estimate of drug-likeness (QED) is 0.569. The van der Waals surface area contributed by atoms with Gasteiger partial charge in [-0.25, -0.2) is 8.42 Å². The van der Waals surface area contributed by atoms with Crippen molar-refractivity contribution in [2.24, 2.45) is 0 Å². The molecule has 0 atom stereocenters. The van der Waals surface area contributed by atoms with E-state index in [1.54, 1.807) is 0 Å². The Kier molecular flexibility index (Phi) is 5.38. The van der Waals surface area contributed by atoms with Gasteiger partial charge < -0.3 is 5.32 Å². The molecule has 0 saturated heterocycles. The lowest BCUT2D eigenvalue weighted by Crippen LogP contribution is -2.37. The molecule has 0 fully saturated rings. The van der Waals surface area contributed by atoms with E-state index < -0.39 is 44.6 Å². The Morgan fingerprint density at radius 1 is 1.00 bits per heavy atom. The van der Waals surface area contributed by atoms with Crippen molar-refractivity contribution in [1.82, 2.24) is 24.8 Å². The molecule has 0 amide bonds. The summed E-state index contributed by atoms with van der Waals surface area (Å²) in [5.41, 5.74) is -0.630. The second-order valence-corrected chi connectivity index (χ2v) is 6.95. The normalized spacial score (nSPS) is 12.7. The first-order valence-electron chi connectivity index (χ1n) is 6.72. The molecule has 27 heavy (non-hydrogen) atoms. The van der Waals surface area contributed by atoms with E-state index in [1.807, 2.05) is 4.72 Å². The number of rotatable bonds is 3. The van der Waals surface area contributed by atoms with E-state index in [4.69, 9.17) is 0 Å². The minimum atomic E-state index is -5.22. The average Bonchev–Trinajstić information content (AvgIpc) is 3.00. The van der Waals surface area contributed by atoms with Crippen LogP contribution in [0.4, 0.5) is 26.3 Å². The molecule has 0 spiro atoms. The van der Waals surface area contributed by atoms with Gasteiger partial charge in [0, 0.05) is 12.7 Å². The standard InChI is InChI=1S/C12H9F6N5O2S2/c1-19-10(26)22-27(24,25)7-4-2-6(3-5-7)23-8(11(13,14)15)20-21-9(23)12(16,17)18/h2-5H,1H3,(H2,19,22,26). The monoisotopic (exact) mass is 433 g/mol. The number of aromatic nitrogens is 3. The van der Waals surface area contributed by atoms with E-state index in [2.05, 4.69) is 27.7 Å². The van der Waals surface area contributed by atoms with Crippen LogP contribution in [0, 0.1) is 0 Å². The minimum absolute atomic E-state index is 0.248. The van der Waals surface area contributed by atoms with Crippen LogP contribution in [-0.4, -0.2) is 35.3 Å². The summed E-state index contributed by atoms with van der Waals surface area (Å²) < 4.78 is 104. The first-order valence-corrected chi connectivity index (χ1v) is 8.61. The van der Waals surface area contributed by atoms with Gasteiger partial charge in [-0.1, -0.05) is 0 Å². The van der Waals surface area contributed by atoms with Crippen molar-refractivity contribution in [2.45, 2.75) is 17.2 Å². The van der Waals surface area contributed by atoms with Gasteiger partial charge in [0.15, 0.2) is 5.11 Å². The second kappa shape index (κ2) is 6.95. The van der Waals surface area contributed by atoms with Crippen LogP contribution in [0.2, 0.25) is 0 Å². The number of alkyl halides is 6. The number of nitrogens with one attached hydrogen (secondary N) is 2. The summed E-state index contributed by atoms with van der Waals surface area (Å²) in [7, 11) is -2.83. The maximum Gasteiger partial charge on any atom is 0.452 e. The van der Waals surface area contributed by atoms with Crippen molar-refractivity contribution < 1.29 is 34.8 Å². The number of nitrogens with zero attached hydrogens (tertiary/aromatic N) is 3. The molecular weight excluding hydrogens is 424 g/mol. The molecule has 0 aliphatic heterocycles. The Hall–Kier alpha value is -2.42. The molecule has 0 saturated carbocycles. The molecule has 15 heteroatoms. The fourth-order valence-electron chi connectivity index (χ4n) is 1.90. The number of hydrogen-bond donors (Lipinski definition) is 2. The third kappa shape index (κ3) is 4.47. The van der Waals surface area contributed by atoms with Crippen molar-refractivity contribution in [3.05, 3.63) is 35.9 Å². The van der Waals surface area contributed by atoms with Crippen LogP contribution in [0.5, 0.6) is 0 Å². The van der Waals surface area contributed by atoms with Gasteiger partial charge in [0.2, 0.25) is 11.6 Å². The molecule has 0 unspecified atom stereocenters. The molecule has 148 valence electrons. The van der Waals surface area contributed by atoms with Gasteiger partial charge >= 0.3 is 12.4 Å². The summed E-state index contributed by atoms with van der Waals surface area (Å²) >= 11 is 4.64. The summed E-state index contributed by atoms with van der Waals surface area (Å²) in [4.78, 5) is -0.431. The zero-order valence-corrected chi connectivity index (χ0v) is 14.7. The molecule has 0 radical (unpaired) electrons. The second-order valence-electron chi connectivity index (χ2n) is 4.86. The first-order chi connectivity index (χ1) is 12.3. The maximum atomic E-state index is 13.0. The number of sulfonamides is 1. The van der Waals surface area contributed by atoms with Gasteiger partial charge in [0.05, 0.1) is 4.90 Å². The topological polar surface area (TPSA) is 88.9 Å². The third-order valence-electron chi connectivity index (χ3n) is 3.03. The summed E-state index contributed by atoms with van der Waals surface area (Å²) in [6.07, 6.45) is -10.4. The van der Waals surface area contributed by atoms with Gasteiger partial charge in [-0.2, -0.15) is 26.3 Å². The van der Waals surface area contributed by atoms with Gasteiger partial charge in [-0.05, 0) is 36.5 Å². The van der Waals surface area contributed by atoms with Crippen LogP contribution in [0.25, 0.3) is 5.69 Å². The van der Waals surface area contributed by atoms with Gasteiger partial charge in [-0.15, -0.1) is 10.2 Å². The van der Waals surface area contributed by atoms with Crippen LogP contribution in [0.3, 0.4) is 0 Å². The van der Waals surface area contributed by atoms with Gasteiger partial charge in [0.1, 0.15) is 0 Å². The van der Waals surface area contributed by atoms with E-state index in [0.29, 0.717) is 0 Å². The van der Waals surface area contributed by atoms with Crippen molar-refractivity contribution in [3.8, 4) is 5.69 Å². The molecule has 0 bridgehead atoms. The third-order valence-corrected chi connectivity index (χ3v) is 4.83. The summed E-state index contributed by atoms with van der Waals surface area (Å²) in [5.74, 6) is -3.81. The molecule has 0 aliphatic rings. The number of thiocarbonyl (C=S) groups is 1. The van der Waals surface area contributed by atoms with Gasteiger partial charge in [0.25, 0.3) is 10.0 Å². The molecule has 7 nitrogen and oxygen atoms in total. The highest BCUT2D eigenvalue weighted by molar-refractivity contribution is 7.91.